The number of hydrogen-bond donors (Lipinski definition) is 3. The van der Waals surface area contributed by atoms with Crippen molar-refractivity contribution in [2.75, 3.05) is 15.8 Å². The van der Waals surface area contributed by atoms with Crippen molar-refractivity contribution in [3.8, 4) is 0 Å². The van der Waals surface area contributed by atoms with Gasteiger partial charge in [0.05, 0.1) is 11.4 Å². The summed E-state index contributed by atoms with van der Waals surface area (Å²) in [4.78, 5) is 1.24. The Balaban J connectivity index is 1.53. The average Bonchev–Trinajstić information content (AvgIpc) is 2.80. The van der Waals surface area contributed by atoms with Gasteiger partial charge in [0.25, 0.3) is 0 Å². The van der Waals surface area contributed by atoms with E-state index in [1.54, 1.807) is 21.8 Å². The van der Waals surface area contributed by atoms with Crippen molar-refractivity contribution in [3.05, 3.63) is 102 Å². The van der Waals surface area contributed by atoms with Crippen LogP contribution in [0.25, 0.3) is 6.08 Å². The Kier molecular flexibility index (Phi) is 8.98. The second kappa shape index (κ2) is 11.9. The lowest BCUT2D eigenvalue weighted by Crippen LogP contribution is -2.10. The van der Waals surface area contributed by atoms with E-state index in [2.05, 4.69) is 104 Å². The molecule has 0 bridgehead atoms. The predicted molar refractivity (Wildman–Crippen MR) is 151 cm³/mol. The highest BCUT2D eigenvalue weighted by atomic mass is 33.1. The van der Waals surface area contributed by atoms with Gasteiger partial charge in [-0.15, -0.1) is 0 Å². The van der Waals surface area contributed by atoms with Gasteiger partial charge in [-0.05, 0) is 76.2 Å². The van der Waals surface area contributed by atoms with E-state index in [0.29, 0.717) is 0 Å². The molecule has 0 saturated heterocycles. The van der Waals surface area contributed by atoms with Crippen LogP contribution >= 0.6 is 21.8 Å². The van der Waals surface area contributed by atoms with Crippen LogP contribution in [0, 0.1) is 0 Å². The largest absolute Gasteiger partial charge is 0.397 e. The topological polar surface area (TPSA) is 50.1 Å². The molecular weight excluding hydrogens is 442 g/mol. The standard InChI is InChI=1S/C28H33N3S2/c1-5-8-23(30-27-10-7-6-9-26(27)29)16-11-21-12-17-24(18-13-21)31-33-32-25-19-14-22(15-20-25)28(2,3)4/h6-20,30-31H,5,29H2,1-4H3/b16-11+,23-8+. The second-order valence-electron chi connectivity index (χ2n) is 8.78. The van der Waals surface area contributed by atoms with Gasteiger partial charge in [0.2, 0.25) is 0 Å². The molecule has 0 atom stereocenters. The monoisotopic (exact) mass is 475 g/mol. The second-order valence-corrected chi connectivity index (χ2v) is 10.8. The Bertz CT molecular complexity index is 1080. The Morgan fingerprint density at radius 1 is 0.939 bits per heavy atom. The summed E-state index contributed by atoms with van der Waals surface area (Å²) in [7, 11) is 3.35. The summed E-state index contributed by atoms with van der Waals surface area (Å²) in [6, 6.07) is 25.0. The summed E-state index contributed by atoms with van der Waals surface area (Å²) in [5.41, 5.74) is 12.5. The van der Waals surface area contributed by atoms with Crippen molar-refractivity contribution in [1.29, 1.82) is 0 Å². The number of nitrogens with one attached hydrogen (secondary N) is 2. The van der Waals surface area contributed by atoms with Gasteiger partial charge in [0, 0.05) is 27.3 Å². The molecule has 33 heavy (non-hydrogen) atoms. The summed E-state index contributed by atoms with van der Waals surface area (Å²) in [6.07, 6.45) is 7.29. The quantitative estimate of drug-likeness (QED) is 0.125. The van der Waals surface area contributed by atoms with Crippen LogP contribution in [0.5, 0.6) is 0 Å². The van der Waals surface area contributed by atoms with Gasteiger partial charge < -0.3 is 15.8 Å². The Labute approximate surface area is 206 Å². The molecule has 0 heterocycles. The number of benzene rings is 3. The molecule has 4 N–H and O–H groups in total. The fourth-order valence-corrected chi connectivity index (χ4v) is 4.78. The number of nitrogens with two attached hydrogens (primary N) is 1. The first-order chi connectivity index (χ1) is 15.8. The highest BCUT2D eigenvalue weighted by Gasteiger charge is 2.12. The van der Waals surface area contributed by atoms with Crippen molar-refractivity contribution < 1.29 is 0 Å². The summed E-state index contributed by atoms with van der Waals surface area (Å²) in [5.74, 6) is 0. The van der Waals surface area contributed by atoms with Crippen molar-refractivity contribution >= 4 is 44.9 Å². The fourth-order valence-electron chi connectivity index (χ4n) is 3.12. The van der Waals surface area contributed by atoms with Gasteiger partial charge in [-0.1, -0.05) is 76.2 Å². The molecule has 0 aliphatic carbocycles. The van der Waals surface area contributed by atoms with Gasteiger partial charge in [-0.3, -0.25) is 0 Å². The molecule has 5 heteroatoms. The van der Waals surface area contributed by atoms with Crippen LogP contribution < -0.4 is 15.8 Å². The van der Waals surface area contributed by atoms with E-state index in [1.165, 1.54) is 10.5 Å². The predicted octanol–water partition coefficient (Wildman–Crippen LogP) is 8.75. The molecule has 3 aromatic carbocycles. The molecule has 0 radical (unpaired) electrons. The SMILES string of the molecule is CC/C=C(\C=C\c1ccc(NSSc2ccc(C(C)(C)C)cc2)cc1)Nc1ccccc1N. The zero-order valence-electron chi connectivity index (χ0n) is 19.8. The molecular formula is C28H33N3S2. The highest BCUT2D eigenvalue weighted by molar-refractivity contribution is 8.77. The minimum atomic E-state index is 0.183. The Morgan fingerprint density at radius 2 is 1.64 bits per heavy atom. The van der Waals surface area contributed by atoms with E-state index in [-0.39, 0.29) is 5.41 Å². The Hall–Kier alpha value is -2.76. The number of anilines is 3. The summed E-state index contributed by atoms with van der Waals surface area (Å²) >= 11 is 0. The summed E-state index contributed by atoms with van der Waals surface area (Å²) in [6.45, 7) is 8.83. The molecule has 0 aliphatic rings. The smallest absolute Gasteiger partial charge is 0.0617 e. The van der Waals surface area contributed by atoms with Crippen LogP contribution in [-0.2, 0) is 5.41 Å². The summed E-state index contributed by atoms with van der Waals surface area (Å²) < 4.78 is 3.41. The van der Waals surface area contributed by atoms with Crippen molar-refractivity contribution in [3.63, 3.8) is 0 Å². The van der Waals surface area contributed by atoms with Crippen LogP contribution in [0.1, 0.15) is 45.2 Å². The lowest BCUT2D eigenvalue weighted by molar-refractivity contribution is 0.590. The van der Waals surface area contributed by atoms with E-state index in [0.717, 1.165) is 34.7 Å². The molecule has 0 saturated carbocycles. The maximum atomic E-state index is 6.07. The number of rotatable bonds is 9. The Morgan fingerprint density at radius 3 is 2.27 bits per heavy atom. The number of hydrogen-bond acceptors (Lipinski definition) is 5. The third-order valence-electron chi connectivity index (χ3n) is 5.05. The molecule has 3 aromatic rings. The average molecular weight is 476 g/mol. The fraction of sp³-hybridized carbons (Fsp3) is 0.214. The molecule has 0 amide bonds. The van der Waals surface area contributed by atoms with Crippen molar-refractivity contribution in [2.24, 2.45) is 0 Å². The molecule has 3 nitrogen and oxygen atoms in total. The van der Waals surface area contributed by atoms with Crippen LogP contribution in [0.4, 0.5) is 17.1 Å². The first-order valence-corrected chi connectivity index (χ1v) is 13.3. The normalized spacial score (nSPS) is 12.2. The van der Waals surface area contributed by atoms with Crippen LogP contribution in [0.15, 0.2) is 95.5 Å². The first-order valence-electron chi connectivity index (χ1n) is 11.1. The molecule has 0 fully saturated rings. The number of para-hydroxylation sites is 2. The third kappa shape index (κ3) is 7.95. The molecule has 3 rings (SSSR count). The lowest BCUT2D eigenvalue weighted by Gasteiger charge is -2.18. The van der Waals surface area contributed by atoms with Crippen LogP contribution in [0.3, 0.4) is 0 Å². The van der Waals surface area contributed by atoms with E-state index in [1.807, 2.05) is 24.3 Å². The van der Waals surface area contributed by atoms with Gasteiger partial charge in [0.15, 0.2) is 0 Å². The van der Waals surface area contributed by atoms with E-state index in [4.69, 9.17) is 5.73 Å². The van der Waals surface area contributed by atoms with Crippen molar-refractivity contribution in [1.82, 2.24) is 0 Å². The van der Waals surface area contributed by atoms with E-state index < -0.39 is 0 Å². The van der Waals surface area contributed by atoms with Gasteiger partial charge >= 0.3 is 0 Å². The van der Waals surface area contributed by atoms with Crippen LogP contribution in [0.2, 0.25) is 0 Å². The molecule has 0 aliphatic heterocycles. The number of nitrogen functional groups attached to an aromatic ring is 1. The molecule has 0 unspecified atom stereocenters. The number of allylic oxidation sites excluding steroid dienone is 2. The van der Waals surface area contributed by atoms with E-state index >= 15 is 0 Å². The maximum Gasteiger partial charge on any atom is 0.0617 e. The van der Waals surface area contributed by atoms with Gasteiger partial charge in [0.1, 0.15) is 0 Å². The maximum absolute atomic E-state index is 6.07. The van der Waals surface area contributed by atoms with Crippen LogP contribution in [-0.4, -0.2) is 0 Å². The van der Waals surface area contributed by atoms with Crippen molar-refractivity contribution in [2.45, 2.75) is 44.4 Å². The van der Waals surface area contributed by atoms with Gasteiger partial charge in [-0.25, -0.2) is 0 Å². The first kappa shape index (κ1) is 24.9. The molecule has 0 aromatic heterocycles. The lowest BCUT2D eigenvalue weighted by atomic mass is 9.87. The van der Waals surface area contributed by atoms with Gasteiger partial charge in [-0.2, -0.15) is 0 Å². The minimum absolute atomic E-state index is 0.183. The van der Waals surface area contributed by atoms with E-state index in [9.17, 15) is 0 Å². The minimum Gasteiger partial charge on any atom is -0.397 e. The highest BCUT2D eigenvalue weighted by Crippen LogP contribution is 2.33. The third-order valence-corrected chi connectivity index (χ3v) is 6.99. The summed E-state index contributed by atoms with van der Waals surface area (Å²) in [5, 5.41) is 3.42. The zero-order valence-corrected chi connectivity index (χ0v) is 21.4. The molecule has 172 valence electrons. The zero-order chi connectivity index (χ0) is 23.7. The molecule has 0 spiro atoms.